The molecule has 0 atom stereocenters. The van der Waals surface area contributed by atoms with Gasteiger partial charge in [-0.1, -0.05) is 122 Å². The molecule has 3 nitrogen and oxygen atoms in total. The summed E-state index contributed by atoms with van der Waals surface area (Å²) in [5.74, 6) is 0. The first-order valence-electron chi connectivity index (χ1n) is 15.4. The Morgan fingerprint density at radius 1 is 0.556 bits per heavy atom. The van der Waals surface area contributed by atoms with Crippen molar-refractivity contribution >= 4 is 12.6 Å². The fourth-order valence-corrected chi connectivity index (χ4v) is 5.55. The predicted octanol–water partition coefficient (Wildman–Crippen LogP) is 4.77. The van der Waals surface area contributed by atoms with E-state index in [0.717, 1.165) is 16.6 Å². The molecule has 0 fully saturated rings. The normalized spacial score (nSPS) is 11.5. The number of hydrogen-bond donors (Lipinski definition) is 2. The van der Waals surface area contributed by atoms with Crippen LogP contribution in [-0.2, 0) is 6.54 Å². The molecule has 0 unspecified atom stereocenters. The second kappa shape index (κ2) is 23.7. The van der Waals surface area contributed by atoms with Crippen LogP contribution >= 0.6 is 0 Å². The molecule has 0 saturated carbocycles. The summed E-state index contributed by atoms with van der Waals surface area (Å²) in [6.45, 7) is 11.5. The van der Waals surface area contributed by atoms with Gasteiger partial charge in [0.25, 0.3) is 0 Å². The molecule has 210 valence electrons. The lowest BCUT2D eigenvalue weighted by Crippen LogP contribution is -3.00. The van der Waals surface area contributed by atoms with Crippen molar-refractivity contribution in [2.24, 2.45) is 0 Å². The van der Waals surface area contributed by atoms with Gasteiger partial charge >= 0.3 is 7.12 Å². The van der Waals surface area contributed by atoms with Gasteiger partial charge in [-0.2, -0.15) is 0 Å². The molecule has 0 amide bonds. The Kier molecular flexibility index (Phi) is 23.5. The highest BCUT2D eigenvalue weighted by molar-refractivity contribution is 6.59. The zero-order valence-electron chi connectivity index (χ0n) is 24.2. The molecule has 2 N–H and O–H groups in total. The molecule has 0 radical (unpaired) electrons. The molecule has 0 bridgehead atoms. The van der Waals surface area contributed by atoms with Crippen LogP contribution in [0.2, 0.25) is 0 Å². The Labute approximate surface area is 236 Å². The molecule has 36 heavy (non-hydrogen) atoms. The van der Waals surface area contributed by atoms with Crippen LogP contribution in [0, 0.1) is 0 Å². The third-order valence-corrected chi connectivity index (χ3v) is 7.80. The van der Waals surface area contributed by atoms with Gasteiger partial charge in [0.1, 0.15) is 6.54 Å². The summed E-state index contributed by atoms with van der Waals surface area (Å²) in [6, 6.07) is 8.03. The molecular formula is C31H59BBrNO2. The first-order chi connectivity index (χ1) is 17.1. The summed E-state index contributed by atoms with van der Waals surface area (Å²) in [4.78, 5) is 0. The SMILES string of the molecule is CCCCCCCC[N+](CCCCCCCC)(CCCCCCCC)Cc1ccccc1B(O)O.[Br-]. The maximum Gasteiger partial charge on any atom is 0.488 e. The van der Waals surface area contributed by atoms with Crippen molar-refractivity contribution in [1.82, 2.24) is 0 Å². The number of halogens is 1. The lowest BCUT2D eigenvalue weighted by atomic mass is 9.76. The van der Waals surface area contributed by atoms with Gasteiger partial charge in [0.05, 0.1) is 19.6 Å². The monoisotopic (exact) mass is 567 g/mol. The summed E-state index contributed by atoms with van der Waals surface area (Å²) in [7, 11) is -1.38. The predicted molar refractivity (Wildman–Crippen MR) is 155 cm³/mol. The maximum atomic E-state index is 10.0. The molecule has 0 aliphatic heterocycles. The molecule has 0 aliphatic rings. The van der Waals surface area contributed by atoms with Crippen molar-refractivity contribution in [3.05, 3.63) is 29.8 Å². The third-order valence-electron chi connectivity index (χ3n) is 7.80. The van der Waals surface area contributed by atoms with E-state index in [1.807, 2.05) is 12.1 Å². The van der Waals surface area contributed by atoms with E-state index in [1.54, 1.807) is 0 Å². The molecule has 0 aliphatic carbocycles. The van der Waals surface area contributed by atoms with Crippen LogP contribution in [0.15, 0.2) is 24.3 Å². The average Bonchev–Trinajstić information content (AvgIpc) is 2.86. The van der Waals surface area contributed by atoms with Crippen LogP contribution in [0.5, 0.6) is 0 Å². The highest BCUT2D eigenvalue weighted by Gasteiger charge is 2.29. The van der Waals surface area contributed by atoms with E-state index < -0.39 is 7.12 Å². The molecular weight excluding hydrogens is 509 g/mol. The van der Waals surface area contributed by atoms with E-state index in [-0.39, 0.29) is 17.0 Å². The van der Waals surface area contributed by atoms with Gasteiger partial charge in [-0.15, -0.1) is 0 Å². The van der Waals surface area contributed by atoms with E-state index in [0.29, 0.717) is 5.46 Å². The Hall–Kier alpha value is -0.355. The van der Waals surface area contributed by atoms with E-state index in [4.69, 9.17) is 0 Å². The molecule has 5 heteroatoms. The van der Waals surface area contributed by atoms with Gasteiger partial charge in [-0.25, -0.2) is 0 Å². The molecule has 1 aromatic rings. The van der Waals surface area contributed by atoms with Gasteiger partial charge in [-0.3, -0.25) is 0 Å². The number of nitrogens with zero attached hydrogens (tertiary/aromatic N) is 1. The van der Waals surface area contributed by atoms with E-state index in [1.165, 1.54) is 135 Å². The lowest BCUT2D eigenvalue weighted by Gasteiger charge is -2.40. The zero-order valence-corrected chi connectivity index (χ0v) is 25.7. The van der Waals surface area contributed by atoms with Gasteiger partial charge in [0.15, 0.2) is 0 Å². The van der Waals surface area contributed by atoms with E-state index >= 15 is 0 Å². The van der Waals surface area contributed by atoms with Gasteiger partial charge in [0.2, 0.25) is 0 Å². The quantitative estimate of drug-likeness (QED) is 0.107. The van der Waals surface area contributed by atoms with Crippen LogP contribution < -0.4 is 22.4 Å². The zero-order chi connectivity index (χ0) is 25.6. The second-order valence-corrected chi connectivity index (χ2v) is 11.0. The van der Waals surface area contributed by atoms with Crippen LogP contribution in [0.4, 0.5) is 0 Å². The minimum absolute atomic E-state index is 0. The van der Waals surface area contributed by atoms with Gasteiger partial charge in [-0.05, 0) is 44.0 Å². The molecule has 1 rings (SSSR count). The fraction of sp³-hybridized carbons (Fsp3) is 0.806. The Morgan fingerprint density at radius 2 is 0.917 bits per heavy atom. The third kappa shape index (κ3) is 16.5. The first-order valence-corrected chi connectivity index (χ1v) is 15.4. The number of benzene rings is 1. The number of hydrogen-bond acceptors (Lipinski definition) is 2. The number of rotatable bonds is 24. The molecule has 1 aromatic carbocycles. The molecule has 0 spiro atoms. The summed E-state index contributed by atoms with van der Waals surface area (Å²) in [5, 5.41) is 20.1. The van der Waals surface area contributed by atoms with Crippen molar-refractivity contribution in [1.29, 1.82) is 0 Å². The lowest BCUT2D eigenvalue weighted by molar-refractivity contribution is -0.941. The molecule has 0 heterocycles. The van der Waals surface area contributed by atoms with Crippen LogP contribution in [0.25, 0.3) is 0 Å². The number of unbranched alkanes of at least 4 members (excludes halogenated alkanes) is 15. The Bertz CT molecular complexity index is 573. The van der Waals surface area contributed by atoms with E-state index in [9.17, 15) is 10.0 Å². The molecule has 0 saturated heterocycles. The average molecular weight is 569 g/mol. The Balaban J connectivity index is 0.0000122. The van der Waals surface area contributed by atoms with Crippen molar-refractivity contribution < 1.29 is 31.5 Å². The summed E-state index contributed by atoms with van der Waals surface area (Å²) >= 11 is 0. The van der Waals surface area contributed by atoms with Crippen LogP contribution in [0.3, 0.4) is 0 Å². The minimum Gasteiger partial charge on any atom is -1.00 e. The summed E-state index contributed by atoms with van der Waals surface area (Å²) < 4.78 is 1.12. The van der Waals surface area contributed by atoms with Crippen molar-refractivity contribution in [3.8, 4) is 0 Å². The van der Waals surface area contributed by atoms with Gasteiger partial charge < -0.3 is 31.5 Å². The van der Waals surface area contributed by atoms with Crippen LogP contribution in [0.1, 0.15) is 142 Å². The second-order valence-electron chi connectivity index (χ2n) is 11.0. The largest absolute Gasteiger partial charge is 1.00 e. The van der Waals surface area contributed by atoms with Crippen molar-refractivity contribution in [2.75, 3.05) is 19.6 Å². The Morgan fingerprint density at radius 3 is 1.31 bits per heavy atom. The van der Waals surface area contributed by atoms with Crippen molar-refractivity contribution in [2.45, 2.75) is 143 Å². The standard InChI is InChI=1S/C31H59BNO2.BrH/c1-4-7-10-13-16-21-26-33(27-22-17-14-11-8-5-2,28-23-18-15-12-9-6-3)29-30-24-19-20-25-31(30)32(34)35;/h19-20,24-25,34-35H,4-18,21-23,26-29H2,1-3H3;1H/q+1;/p-1. The highest BCUT2D eigenvalue weighted by atomic mass is 79.9. The number of quaternary nitrogens is 1. The summed E-state index contributed by atoms with van der Waals surface area (Å²) in [5.41, 5.74) is 1.83. The summed E-state index contributed by atoms with van der Waals surface area (Å²) in [6.07, 6.45) is 24.0. The van der Waals surface area contributed by atoms with Crippen molar-refractivity contribution in [3.63, 3.8) is 0 Å². The van der Waals surface area contributed by atoms with Crippen LogP contribution in [-0.4, -0.2) is 41.3 Å². The van der Waals surface area contributed by atoms with Gasteiger partial charge in [0, 0.05) is 5.56 Å². The highest BCUT2D eigenvalue weighted by Crippen LogP contribution is 2.22. The minimum atomic E-state index is -1.38. The van der Waals surface area contributed by atoms with E-state index in [2.05, 4.69) is 32.9 Å². The first kappa shape index (κ1) is 35.6. The smallest absolute Gasteiger partial charge is 0.488 e. The topological polar surface area (TPSA) is 40.5 Å². The maximum absolute atomic E-state index is 10.0. The fourth-order valence-electron chi connectivity index (χ4n) is 5.55. The molecule has 0 aromatic heterocycles.